The molecule has 3 aromatic heterocycles. The number of fused-ring (bicyclic) bond motifs is 2. The van der Waals surface area contributed by atoms with Crippen molar-refractivity contribution in [2.45, 2.75) is 24.5 Å². The van der Waals surface area contributed by atoms with Crippen molar-refractivity contribution < 1.29 is 24.2 Å². The molecule has 4 heterocycles. The number of aliphatic hydroxyl groups excluding tert-OH is 2. The van der Waals surface area contributed by atoms with E-state index in [-0.39, 0.29) is 23.3 Å². The summed E-state index contributed by atoms with van der Waals surface area (Å²) in [5, 5.41) is 23.8. The molecule has 1 fully saturated rings. The smallest absolute Gasteiger partial charge is 0.258 e. The van der Waals surface area contributed by atoms with Crippen molar-refractivity contribution in [1.29, 1.82) is 0 Å². The summed E-state index contributed by atoms with van der Waals surface area (Å²) in [7, 11) is 0. The molecule has 1 aliphatic rings. The van der Waals surface area contributed by atoms with Gasteiger partial charge in [-0.1, -0.05) is 12.1 Å². The number of aromatic nitrogens is 4. The number of nitrogen functional groups attached to an aromatic ring is 1. The lowest BCUT2D eigenvalue weighted by atomic mass is 10.1. The number of benzene rings is 1. The molecule has 2 unspecified atom stereocenters. The molecular weight excluding hydrogens is 420 g/mol. The van der Waals surface area contributed by atoms with Crippen molar-refractivity contribution in [3.8, 4) is 0 Å². The summed E-state index contributed by atoms with van der Waals surface area (Å²) in [4.78, 5) is 37.2. The van der Waals surface area contributed by atoms with Gasteiger partial charge < -0.3 is 30.4 Å². The molecule has 4 atom stereocenters. The van der Waals surface area contributed by atoms with E-state index in [0.717, 1.165) is 6.26 Å². The number of imidazole rings is 1. The fraction of sp³-hybridized carbons (Fsp3) is 0.250. The lowest BCUT2D eigenvalue weighted by Crippen LogP contribution is -2.40. The Morgan fingerprint density at radius 3 is 2.84 bits per heavy atom. The zero-order chi connectivity index (χ0) is 22.4. The van der Waals surface area contributed by atoms with Gasteiger partial charge in [0.2, 0.25) is 5.43 Å². The van der Waals surface area contributed by atoms with Crippen LogP contribution in [0.15, 0.2) is 52.4 Å². The van der Waals surface area contributed by atoms with Crippen LogP contribution in [0.1, 0.15) is 16.6 Å². The van der Waals surface area contributed by atoms with E-state index >= 15 is 0 Å². The van der Waals surface area contributed by atoms with E-state index in [0.29, 0.717) is 16.7 Å². The van der Waals surface area contributed by atoms with Crippen LogP contribution < -0.4 is 16.5 Å². The predicted molar refractivity (Wildman–Crippen MR) is 110 cm³/mol. The molecule has 5 rings (SSSR count). The van der Waals surface area contributed by atoms with Crippen LogP contribution >= 0.6 is 0 Å². The SMILES string of the molecule is Nc1ncnc2c1ncn2C1OC(CNC(=O)c2coc3ccccc3c2=O)[C@@H](O)[C@H]1O. The van der Waals surface area contributed by atoms with Crippen molar-refractivity contribution in [2.24, 2.45) is 0 Å². The number of rotatable bonds is 4. The Kier molecular flexibility index (Phi) is 4.81. The molecule has 12 nitrogen and oxygen atoms in total. The molecule has 0 spiro atoms. The molecule has 0 saturated carbocycles. The number of hydrogen-bond acceptors (Lipinski definition) is 10. The van der Waals surface area contributed by atoms with Crippen LogP contribution in [-0.2, 0) is 4.74 Å². The standard InChI is InChI=1S/C20H18N6O6/c21-17-13-18(24-7-23-17)26(8-25-13)20-16(29)15(28)12(32-20)5-22-19(30)10-6-31-11-4-2-1-3-9(11)14(10)27/h1-4,6-8,12,15-16,20,28-29H,5H2,(H,22,30)(H2,21,23,24)/t12?,15-,16-,20?/m1/s1. The largest absolute Gasteiger partial charge is 0.463 e. The number of nitrogens with one attached hydrogen (secondary N) is 1. The number of nitrogens with two attached hydrogens (primary N) is 1. The molecule has 1 saturated heterocycles. The number of carbonyl (C=O) groups excluding carboxylic acids is 1. The normalized spacial score (nSPS) is 23.1. The maximum Gasteiger partial charge on any atom is 0.258 e. The molecule has 0 aliphatic carbocycles. The quantitative estimate of drug-likeness (QED) is 0.326. The molecule has 1 aromatic carbocycles. The third-order valence-corrected chi connectivity index (χ3v) is 5.39. The maximum atomic E-state index is 12.6. The Morgan fingerprint density at radius 2 is 2.00 bits per heavy atom. The molecule has 5 N–H and O–H groups in total. The summed E-state index contributed by atoms with van der Waals surface area (Å²) in [5.74, 6) is -0.522. The predicted octanol–water partition coefficient (Wildman–Crippen LogP) is -0.436. The van der Waals surface area contributed by atoms with Gasteiger partial charge in [0.05, 0.1) is 11.7 Å². The highest BCUT2D eigenvalue weighted by atomic mass is 16.6. The number of para-hydroxylation sites is 1. The van der Waals surface area contributed by atoms with Crippen LogP contribution in [0.4, 0.5) is 5.82 Å². The fourth-order valence-corrected chi connectivity index (χ4v) is 3.71. The highest BCUT2D eigenvalue weighted by molar-refractivity contribution is 5.96. The van der Waals surface area contributed by atoms with Gasteiger partial charge >= 0.3 is 0 Å². The third kappa shape index (κ3) is 3.17. The van der Waals surface area contributed by atoms with Crippen LogP contribution in [0.3, 0.4) is 0 Å². The first kappa shape index (κ1) is 20.1. The summed E-state index contributed by atoms with van der Waals surface area (Å²) in [6.45, 7) is -0.163. The van der Waals surface area contributed by atoms with Gasteiger partial charge in [-0.05, 0) is 12.1 Å². The lowest BCUT2D eigenvalue weighted by molar-refractivity contribution is -0.0337. The van der Waals surface area contributed by atoms with E-state index in [9.17, 15) is 19.8 Å². The van der Waals surface area contributed by atoms with Gasteiger partial charge in [0.25, 0.3) is 5.91 Å². The number of amides is 1. The average Bonchev–Trinajstić information content (AvgIpc) is 3.35. The minimum absolute atomic E-state index is 0.163. The minimum atomic E-state index is -1.32. The van der Waals surface area contributed by atoms with Crippen molar-refractivity contribution in [3.05, 3.63) is 59.0 Å². The molecule has 164 valence electrons. The first-order valence-corrected chi connectivity index (χ1v) is 9.69. The third-order valence-electron chi connectivity index (χ3n) is 5.39. The van der Waals surface area contributed by atoms with Crippen molar-refractivity contribution in [1.82, 2.24) is 24.8 Å². The molecular formula is C20H18N6O6. The zero-order valence-electron chi connectivity index (χ0n) is 16.5. The van der Waals surface area contributed by atoms with Gasteiger partial charge in [-0.2, -0.15) is 0 Å². The maximum absolute atomic E-state index is 12.6. The summed E-state index contributed by atoms with van der Waals surface area (Å²) in [5.41, 5.74) is 6.15. The highest BCUT2D eigenvalue weighted by Crippen LogP contribution is 2.31. The Morgan fingerprint density at radius 1 is 1.19 bits per heavy atom. The van der Waals surface area contributed by atoms with Crippen molar-refractivity contribution in [3.63, 3.8) is 0 Å². The summed E-state index contributed by atoms with van der Waals surface area (Å²) in [6.07, 6.45) is -0.898. The second kappa shape index (κ2) is 7.67. The van der Waals surface area contributed by atoms with E-state index < -0.39 is 35.9 Å². The molecule has 1 amide bonds. The molecule has 1 aliphatic heterocycles. The molecule has 12 heteroatoms. The van der Waals surface area contributed by atoms with Crippen molar-refractivity contribution >= 4 is 33.9 Å². The number of aliphatic hydroxyl groups is 2. The van der Waals surface area contributed by atoms with Crippen LogP contribution in [0.2, 0.25) is 0 Å². The summed E-state index contributed by atoms with van der Waals surface area (Å²) >= 11 is 0. The van der Waals surface area contributed by atoms with E-state index in [1.807, 2.05) is 0 Å². The van der Waals surface area contributed by atoms with Gasteiger partial charge in [0.1, 0.15) is 47.6 Å². The topological polar surface area (TPSA) is 179 Å². The number of carbonyl (C=O) groups is 1. The van der Waals surface area contributed by atoms with Gasteiger partial charge in [-0.15, -0.1) is 0 Å². The van der Waals surface area contributed by atoms with E-state index in [1.165, 1.54) is 17.2 Å². The van der Waals surface area contributed by atoms with E-state index in [1.54, 1.807) is 24.3 Å². The first-order chi connectivity index (χ1) is 15.5. The molecule has 0 radical (unpaired) electrons. The first-order valence-electron chi connectivity index (χ1n) is 9.69. The van der Waals surface area contributed by atoms with Gasteiger partial charge in [0, 0.05) is 6.54 Å². The number of hydrogen-bond donors (Lipinski definition) is 4. The summed E-state index contributed by atoms with van der Waals surface area (Å²) < 4.78 is 12.6. The fourth-order valence-electron chi connectivity index (χ4n) is 3.71. The van der Waals surface area contributed by atoms with Gasteiger partial charge in [-0.25, -0.2) is 15.0 Å². The molecule has 32 heavy (non-hydrogen) atoms. The van der Waals surface area contributed by atoms with Crippen LogP contribution in [0.5, 0.6) is 0 Å². The Hall–Kier alpha value is -3.87. The second-order valence-electron chi connectivity index (χ2n) is 7.31. The van der Waals surface area contributed by atoms with E-state index in [4.69, 9.17) is 14.9 Å². The highest BCUT2D eigenvalue weighted by Gasteiger charge is 2.44. The summed E-state index contributed by atoms with van der Waals surface area (Å²) in [6, 6.07) is 6.58. The van der Waals surface area contributed by atoms with Crippen LogP contribution in [0, 0.1) is 0 Å². The van der Waals surface area contributed by atoms with Gasteiger partial charge in [-0.3, -0.25) is 14.2 Å². The lowest BCUT2D eigenvalue weighted by Gasteiger charge is -2.16. The number of ether oxygens (including phenoxy) is 1. The Balaban J connectivity index is 1.33. The molecule has 4 aromatic rings. The van der Waals surface area contributed by atoms with Gasteiger partial charge in [0.15, 0.2) is 17.7 Å². The monoisotopic (exact) mass is 438 g/mol. The van der Waals surface area contributed by atoms with Crippen LogP contribution in [-0.4, -0.2) is 60.5 Å². The second-order valence-corrected chi connectivity index (χ2v) is 7.31. The zero-order valence-corrected chi connectivity index (χ0v) is 16.5. The van der Waals surface area contributed by atoms with Crippen LogP contribution in [0.25, 0.3) is 22.1 Å². The molecule has 0 bridgehead atoms. The van der Waals surface area contributed by atoms with Crippen molar-refractivity contribution in [2.75, 3.05) is 12.3 Å². The minimum Gasteiger partial charge on any atom is -0.463 e. The Labute approximate surface area is 179 Å². The van der Waals surface area contributed by atoms with E-state index in [2.05, 4.69) is 20.3 Å². The Bertz CT molecular complexity index is 1380. The number of anilines is 1. The average molecular weight is 438 g/mol. The number of nitrogens with zero attached hydrogens (tertiary/aromatic N) is 4.